The Balaban J connectivity index is 1.59. The van der Waals surface area contributed by atoms with E-state index in [0.717, 1.165) is 63.3 Å². The van der Waals surface area contributed by atoms with E-state index >= 15 is 0 Å². The number of nitrogens with zero attached hydrogens (tertiary/aromatic N) is 4. The molecule has 0 spiro atoms. The minimum Gasteiger partial charge on any atom is -0.338 e. The highest BCUT2D eigenvalue weighted by Gasteiger charge is 2.26. The van der Waals surface area contributed by atoms with Crippen molar-refractivity contribution in [2.45, 2.75) is 45.6 Å². The Morgan fingerprint density at radius 1 is 1.19 bits per heavy atom. The number of unbranched alkanes of at least 4 members (excludes halogenated alkanes) is 1. The molecule has 1 amide bonds. The number of amides is 1. The molecule has 1 aliphatic rings. The predicted molar refractivity (Wildman–Crippen MR) is 99.9 cm³/mol. The van der Waals surface area contributed by atoms with Gasteiger partial charge in [0.1, 0.15) is 0 Å². The molecule has 2 aromatic rings. The molecule has 0 bridgehead atoms. The molecule has 1 fully saturated rings. The first kappa shape index (κ1) is 18.6. The highest BCUT2D eigenvalue weighted by Crippen LogP contribution is 2.21. The maximum Gasteiger partial charge on any atom is 0.253 e. The zero-order chi connectivity index (χ0) is 18.4. The van der Waals surface area contributed by atoms with E-state index in [1.165, 1.54) is 0 Å². The van der Waals surface area contributed by atoms with Gasteiger partial charge < -0.3 is 9.42 Å². The lowest BCUT2D eigenvalue weighted by molar-refractivity contribution is 0.0757. The summed E-state index contributed by atoms with van der Waals surface area (Å²) in [5.74, 6) is 1.59. The summed E-state index contributed by atoms with van der Waals surface area (Å²) in [6.45, 7) is 7.49. The van der Waals surface area contributed by atoms with Gasteiger partial charge in [-0.15, -0.1) is 0 Å². The summed E-state index contributed by atoms with van der Waals surface area (Å²) in [6, 6.07) is 9.58. The van der Waals surface area contributed by atoms with E-state index in [0.29, 0.717) is 5.89 Å². The van der Waals surface area contributed by atoms with Crippen molar-refractivity contribution < 1.29 is 9.32 Å². The number of aromatic nitrogens is 2. The van der Waals surface area contributed by atoms with Gasteiger partial charge in [0.05, 0.1) is 6.04 Å². The fourth-order valence-electron chi connectivity index (χ4n) is 3.32. The Morgan fingerprint density at radius 3 is 2.77 bits per heavy atom. The second-order valence-corrected chi connectivity index (χ2v) is 6.88. The maximum absolute atomic E-state index is 12.7. The molecule has 6 heteroatoms. The smallest absolute Gasteiger partial charge is 0.253 e. The van der Waals surface area contributed by atoms with Crippen molar-refractivity contribution in [3.05, 3.63) is 47.6 Å². The standard InChI is InChI=1S/C20H28N4O2/c1-3-4-11-18-21-19(26-22-18)16(2)23-12-8-13-24(15-14-23)20(25)17-9-6-5-7-10-17/h5-7,9-10,16H,3-4,8,11-15H2,1-2H3. The van der Waals surface area contributed by atoms with Crippen molar-refractivity contribution in [1.82, 2.24) is 19.9 Å². The number of carbonyl (C=O) groups excluding carboxylic acids is 1. The van der Waals surface area contributed by atoms with Crippen molar-refractivity contribution in [1.29, 1.82) is 0 Å². The van der Waals surface area contributed by atoms with E-state index in [1.54, 1.807) is 0 Å². The van der Waals surface area contributed by atoms with Gasteiger partial charge in [-0.1, -0.05) is 36.7 Å². The molecule has 6 nitrogen and oxygen atoms in total. The van der Waals surface area contributed by atoms with Crippen molar-refractivity contribution >= 4 is 5.91 Å². The first-order valence-corrected chi connectivity index (χ1v) is 9.60. The zero-order valence-electron chi connectivity index (χ0n) is 15.7. The fraction of sp³-hybridized carbons (Fsp3) is 0.550. The third-order valence-corrected chi connectivity index (χ3v) is 4.98. The van der Waals surface area contributed by atoms with Crippen LogP contribution in [0.25, 0.3) is 0 Å². The second kappa shape index (κ2) is 8.94. The molecule has 1 unspecified atom stereocenters. The maximum atomic E-state index is 12.7. The Bertz CT molecular complexity index is 701. The van der Waals surface area contributed by atoms with Gasteiger partial charge in [-0.05, 0) is 31.9 Å². The predicted octanol–water partition coefficient (Wildman–Crippen LogP) is 3.32. The number of rotatable bonds is 6. The van der Waals surface area contributed by atoms with Gasteiger partial charge in [-0.3, -0.25) is 9.69 Å². The van der Waals surface area contributed by atoms with Gasteiger partial charge in [0.2, 0.25) is 5.89 Å². The molecular weight excluding hydrogens is 328 g/mol. The number of aryl methyl sites for hydroxylation is 1. The summed E-state index contributed by atoms with van der Waals surface area (Å²) in [5, 5.41) is 4.10. The van der Waals surface area contributed by atoms with E-state index in [4.69, 9.17) is 4.52 Å². The van der Waals surface area contributed by atoms with Crippen LogP contribution in [-0.2, 0) is 6.42 Å². The van der Waals surface area contributed by atoms with Crippen LogP contribution in [0, 0.1) is 0 Å². The molecule has 0 saturated carbocycles. The average Bonchev–Trinajstić information content (AvgIpc) is 3.02. The molecule has 0 N–H and O–H groups in total. The lowest BCUT2D eigenvalue weighted by atomic mass is 10.2. The van der Waals surface area contributed by atoms with E-state index in [-0.39, 0.29) is 11.9 Å². The lowest BCUT2D eigenvalue weighted by Gasteiger charge is -2.25. The molecule has 26 heavy (non-hydrogen) atoms. The zero-order valence-corrected chi connectivity index (χ0v) is 15.7. The Hall–Kier alpha value is -2.21. The van der Waals surface area contributed by atoms with Gasteiger partial charge in [-0.2, -0.15) is 4.98 Å². The van der Waals surface area contributed by atoms with Gasteiger partial charge in [-0.25, -0.2) is 0 Å². The van der Waals surface area contributed by atoms with Crippen LogP contribution >= 0.6 is 0 Å². The van der Waals surface area contributed by atoms with Crippen LogP contribution in [0.4, 0.5) is 0 Å². The van der Waals surface area contributed by atoms with Crippen LogP contribution in [0.5, 0.6) is 0 Å². The topological polar surface area (TPSA) is 62.5 Å². The van der Waals surface area contributed by atoms with Crippen LogP contribution in [-0.4, -0.2) is 52.0 Å². The monoisotopic (exact) mass is 356 g/mol. The van der Waals surface area contributed by atoms with E-state index in [9.17, 15) is 4.79 Å². The van der Waals surface area contributed by atoms with Crippen molar-refractivity contribution in [2.24, 2.45) is 0 Å². The molecule has 140 valence electrons. The van der Waals surface area contributed by atoms with E-state index in [1.807, 2.05) is 35.2 Å². The van der Waals surface area contributed by atoms with E-state index in [2.05, 4.69) is 28.9 Å². The van der Waals surface area contributed by atoms with Gasteiger partial charge in [0.15, 0.2) is 5.82 Å². The Morgan fingerprint density at radius 2 is 2.00 bits per heavy atom. The summed E-state index contributed by atoms with van der Waals surface area (Å²) < 4.78 is 5.48. The largest absolute Gasteiger partial charge is 0.338 e. The van der Waals surface area contributed by atoms with Crippen LogP contribution in [0.15, 0.2) is 34.9 Å². The van der Waals surface area contributed by atoms with Crippen molar-refractivity contribution in [3.63, 3.8) is 0 Å². The SMILES string of the molecule is CCCCc1noc(C(C)N2CCCN(C(=O)c3ccccc3)CC2)n1. The quantitative estimate of drug-likeness (QED) is 0.794. The summed E-state index contributed by atoms with van der Waals surface area (Å²) in [4.78, 5) is 21.5. The summed E-state index contributed by atoms with van der Waals surface area (Å²) >= 11 is 0. The number of hydrogen-bond donors (Lipinski definition) is 0. The second-order valence-electron chi connectivity index (χ2n) is 6.88. The molecule has 3 rings (SSSR count). The van der Waals surface area contributed by atoms with Crippen LogP contribution in [0.2, 0.25) is 0 Å². The first-order valence-electron chi connectivity index (χ1n) is 9.60. The highest BCUT2D eigenvalue weighted by molar-refractivity contribution is 5.94. The highest BCUT2D eigenvalue weighted by atomic mass is 16.5. The number of carbonyl (C=O) groups is 1. The first-order chi connectivity index (χ1) is 12.7. The fourth-order valence-corrected chi connectivity index (χ4v) is 3.32. The molecular formula is C20H28N4O2. The molecule has 1 saturated heterocycles. The third kappa shape index (κ3) is 4.49. The minimum atomic E-state index is 0.0738. The van der Waals surface area contributed by atoms with Crippen molar-refractivity contribution in [3.8, 4) is 0 Å². The Kier molecular flexibility index (Phi) is 6.39. The molecule has 1 aromatic carbocycles. The molecule has 0 aliphatic carbocycles. The van der Waals surface area contributed by atoms with Gasteiger partial charge in [0, 0.05) is 38.2 Å². The number of benzene rings is 1. The number of hydrogen-bond acceptors (Lipinski definition) is 5. The molecule has 1 atom stereocenters. The van der Waals surface area contributed by atoms with Crippen molar-refractivity contribution in [2.75, 3.05) is 26.2 Å². The normalized spacial score (nSPS) is 17.1. The molecule has 1 aromatic heterocycles. The van der Waals surface area contributed by atoms with Crippen LogP contribution < -0.4 is 0 Å². The third-order valence-electron chi connectivity index (χ3n) is 4.98. The average molecular weight is 356 g/mol. The van der Waals surface area contributed by atoms with Crippen LogP contribution in [0.1, 0.15) is 61.2 Å². The molecule has 0 radical (unpaired) electrons. The summed E-state index contributed by atoms with van der Waals surface area (Å²) in [6.07, 6.45) is 4.01. The minimum absolute atomic E-state index is 0.0738. The van der Waals surface area contributed by atoms with Crippen LogP contribution in [0.3, 0.4) is 0 Å². The summed E-state index contributed by atoms with van der Waals surface area (Å²) in [7, 11) is 0. The lowest BCUT2D eigenvalue weighted by Crippen LogP contribution is -2.36. The molecule has 1 aliphatic heterocycles. The van der Waals surface area contributed by atoms with E-state index < -0.39 is 0 Å². The van der Waals surface area contributed by atoms with Gasteiger partial charge >= 0.3 is 0 Å². The van der Waals surface area contributed by atoms with Gasteiger partial charge in [0.25, 0.3) is 5.91 Å². The molecule has 2 heterocycles. The summed E-state index contributed by atoms with van der Waals surface area (Å²) in [5.41, 5.74) is 0.756. The Labute approximate surface area is 155 Å².